The molecule has 0 unspecified atom stereocenters. The first-order valence-electron chi connectivity index (χ1n) is 9.11. The third kappa shape index (κ3) is 3.70. The van der Waals surface area contributed by atoms with Gasteiger partial charge in [0.2, 0.25) is 16.2 Å². The largest absolute Gasteiger partial charge is 0.479 e. The minimum Gasteiger partial charge on any atom is -0.479 e. The molecule has 0 bridgehead atoms. The summed E-state index contributed by atoms with van der Waals surface area (Å²) in [6.45, 7) is 4.12. The second-order valence-electron chi connectivity index (χ2n) is 6.59. The van der Waals surface area contributed by atoms with E-state index in [4.69, 9.17) is 17.0 Å². The number of urea groups is 1. The second kappa shape index (κ2) is 8.52. The molecule has 158 valence electrons. The standard InChI is InChI=1S/C19H19N3O6S2/c1-4-28-19(29)30-17-14(21(10(2)23)18(27)22(17)11(3)24)9-20-15(25)12-7-5-6-8-13(12)16(20)26/h5-8,14,17H,4,9H2,1-3H3/t14-,17-/m1/s1. The maximum Gasteiger partial charge on any atom is 0.334 e. The van der Waals surface area contributed by atoms with Crippen LogP contribution in [0.4, 0.5) is 4.79 Å². The molecule has 0 saturated carbocycles. The summed E-state index contributed by atoms with van der Waals surface area (Å²) in [5.41, 5.74) is 0.498. The Hall–Kier alpha value is -2.79. The molecule has 1 aromatic rings. The van der Waals surface area contributed by atoms with E-state index >= 15 is 0 Å². The lowest BCUT2D eigenvalue weighted by atomic mass is 10.1. The summed E-state index contributed by atoms with van der Waals surface area (Å²) < 4.78 is 5.35. The zero-order valence-electron chi connectivity index (χ0n) is 16.5. The number of amides is 6. The highest BCUT2D eigenvalue weighted by Gasteiger charge is 2.52. The van der Waals surface area contributed by atoms with Crippen LogP contribution in [-0.2, 0) is 14.3 Å². The lowest BCUT2D eigenvalue weighted by Gasteiger charge is -2.28. The van der Waals surface area contributed by atoms with Crippen LogP contribution < -0.4 is 0 Å². The predicted octanol–water partition coefficient (Wildman–Crippen LogP) is 1.86. The van der Waals surface area contributed by atoms with Gasteiger partial charge in [0.25, 0.3) is 11.8 Å². The summed E-state index contributed by atoms with van der Waals surface area (Å²) in [6, 6.07) is 4.56. The van der Waals surface area contributed by atoms with Crippen LogP contribution in [0.15, 0.2) is 24.3 Å². The topological polar surface area (TPSA) is 104 Å². The van der Waals surface area contributed by atoms with Crippen molar-refractivity contribution in [1.29, 1.82) is 0 Å². The Bertz CT molecular complexity index is 930. The smallest absolute Gasteiger partial charge is 0.334 e. The molecule has 3 rings (SSSR count). The second-order valence-corrected chi connectivity index (χ2v) is 8.30. The number of rotatable bonds is 4. The zero-order valence-corrected chi connectivity index (χ0v) is 18.1. The quantitative estimate of drug-likeness (QED) is 0.507. The van der Waals surface area contributed by atoms with Gasteiger partial charge in [-0.15, -0.1) is 0 Å². The van der Waals surface area contributed by atoms with Crippen LogP contribution in [0, 0.1) is 0 Å². The molecule has 0 aromatic heterocycles. The summed E-state index contributed by atoms with van der Waals surface area (Å²) in [4.78, 5) is 65.6. The van der Waals surface area contributed by atoms with Crippen LogP contribution in [0.3, 0.4) is 0 Å². The highest BCUT2D eigenvalue weighted by molar-refractivity contribution is 8.23. The molecule has 2 atom stereocenters. The Morgan fingerprint density at radius 1 is 1.03 bits per heavy atom. The highest BCUT2D eigenvalue weighted by Crippen LogP contribution is 2.35. The zero-order chi connectivity index (χ0) is 22.2. The van der Waals surface area contributed by atoms with Crippen molar-refractivity contribution >= 4 is 58.0 Å². The van der Waals surface area contributed by atoms with Crippen LogP contribution in [0.2, 0.25) is 0 Å². The van der Waals surface area contributed by atoms with E-state index in [1.54, 1.807) is 19.1 Å². The molecule has 0 N–H and O–H groups in total. The molecule has 1 saturated heterocycles. The van der Waals surface area contributed by atoms with E-state index < -0.39 is 41.1 Å². The van der Waals surface area contributed by atoms with Gasteiger partial charge in [-0.1, -0.05) is 12.1 Å². The maximum absolute atomic E-state index is 12.8. The highest BCUT2D eigenvalue weighted by atomic mass is 32.2. The molecule has 9 nitrogen and oxygen atoms in total. The van der Waals surface area contributed by atoms with Crippen molar-refractivity contribution in [3.8, 4) is 0 Å². The molecular formula is C19H19N3O6S2. The monoisotopic (exact) mass is 449 g/mol. The molecule has 0 aliphatic carbocycles. The number of carbonyl (C=O) groups excluding carboxylic acids is 5. The number of hydrogen-bond donors (Lipinski definition) is 0. The van der Waals surface area contributed by atoms with E-state index in [2.05, 4.69) is 0 Å². The van der Waals surface area contributed by atoms with E-state index in [0.717, 1.165) is 26.5 Å². The summed E-state index contributed by atoms with van der Waals surface area (Å²) >= 11 is 6.07. The van der Waals surface area contributed by atoms with Gasteiger partial charge in [-0.2, -0.15) is 0 Å². The fraction of sp³-hybridized carbons (Fsp3) is 0.368. The van der Waals surface area contributed by atoms with Crippen molar-refractivity contribution in [3.05, 3.63) is 35.4 Å². The number of benzene rings is 1. The van der Waals surface area contributed by atoms with E-state index in [9.17, 15) is 24.0 Å². The first-order chi connectivity index (χ1) is 14.2. The Morgan fingerprint density at radius 3 is 2.03 bits per heavy atom. The number of thioether (sulfide) groups is 1. The van der Waals surface area contributed by atoms with Gasteiger partial charge in [0, 0.05) is 13.8 Å². The Balaban J connectivity index is 1.97. The normalized spacial score (nSPS) is 20.6. The lowest BCUT2D eigenvalue weighted by molar-refractivity contribution is -0.127. The minimum atomic E-state index is -0.982. The number of carbonyl (C=O) groups is 5. The summed E-state index contributed by atoms with van der Waals surface area (Å²) in [6.07, 6.45) is 0. The van der Waals surface area contributed by atoms with Crippen LogP contribution in [0.5, 0.6) is 0 Å². The van der Waals surface area contributed by atoms with Crippen molar-refractivity contribution in [2.45, 2.75) is 32.2 Å². The third-order valence-corrected chi connectivity index (χ3v) is 6.22. The maximum atomic E-state index is 12.8. The summed E-state index contributed by atoms with van der Waals surface area (Å²) in [5, 5.41) is -0.942. The van der Waals surface area contributed by atoms with Crippen LogP contribution >= 0.6 is 24.0 Å². The molecule has 6 amide bonds. The van der Waals surface area contributed by atoms with Gasteiger partial charge >= 0.3 is 6.03 Å². The van der Waals surface area contributed by atoms with Crippen molar-refractivity contribution in [2.75, 3.05) is 13.2 Å². The first-order valence-corrected chi connectivity index (χ1v) is 10.4. The first kappa shape index (κ1) is 21.9. The fourth-order valence-electron chi connectivity index (χ4n) is 3.49. The molecule has 0 spiro atoms. The van der Waals surface area contributed by atoms with Gasteiger partial charge in [-0.3, -0.25) is 29.0 Å². The number of thiocarbonyl (C=S) groups is 1. The molecule has 2 heterocycles. The number of fused-ring (bicyclic) bond motifs is 1. The summed E-state index contributed by atoms with van der Waals surface area (Å²) in [7, 11) is 0. The fourth-order valence-corrected chi connectivity index (χ4v) is 5.00. The average molecular weight is 450 g/mol. The van der Waals surface area contributed by atoms with Gasteiger partial charge in [-0.25, -0.2) is 9.69 Å². The van der Waals surface area contributed by atoms with E-state index in [1.807, 2.05) is 0 Å². The number of imide groups is 3. The van der Waals surface area contributed by atoms with E-state index in [-0.39, 0.29) is 28.7 Å². The summed E-state index contributed by atoms with van der Waals surface area (Å²) in [5.74, 6) is -2.25. The van der Waals surface area contributed by atoms with Crippen LogP contribution in [0.1, 0.15) is 41.5 Å². The minimum absolute atomic E-state index is 0.0827. The number of ether oxygens (including phenoxy) is 1. The number of hydrogen-bond acceptors (Lipinski definition) is 8. The predicted molar refractivity (Wildman–Crippen MR) is 112 cm³/mol. The van der Waals surface area contributed by atoms with Crippen molar-refractivity contribution in [1.82, 2.24) is 14.7 Å². The van der Waals surface area contributed by atoms with Gasteiger partial charge in [0.15, 0.2) is 0 Å². The van der Waals surface area contributed by atoms with Gasteiger partial charge in [0.1, 0.15) is 5.37 Å². The van der Waals surface area contributed by atoms with Crippen LogP contribution in [0.25, 0.3) is 0 Å². The van der Waals surface area contributed by atoms with Crippen molar-refractivity contribution in [3.63, 3.8) is 0 Å². The Kier molecular flexibility index (Phi) is 6.22. The molecule has 2 aliphatic rings. The van der Waals surface area contributed by atoms with Gasteiger partial charge in [0.05, 0.1) is 30.3 Å². The molecule has 0 radical (unpaired) electrons. The van der Waals surface area contributed by atoms with Gasteiger partial charge in [-0.05, 0) is 43.0 Å². The Labute approximate surface area is 182 Å². The Morgan fingerprint density at radius 2 is 1.57 bits per heavy atom. The van der Waals surface area contributed by atoms with E-state index in [0.29, 0.717) is 0 Å². The molecular weight excluding hydrogens is 430 g/mol. The number of nitrogens with zero attached hydrogens (tertiary/aromatic N) is 3. The van der Waals surface area contributed by atoms with E-state index in [1.165, 1.54) is 26.0 Å². The molecule has 11 heteroatoms. The molecule has 1 fully saturated rings. The SMILES string of the molecule is CCOC(=S)S[C@@H]1[C@@H](CN2C(=O)c3ccccc3C2=O)N(C(C)=O)C(=O)N1C(C)=O. The van der Waals surface area contributed by atoms with Crippen molar-refractivity contribution in [2.24, 2.45) is 0 Å². The van der Waals surface area contributed by atoms with Crippen molar-refractivity contribution < 1.29 is 28.7 Å². The van der Waals surface area contributed by atoms with Gasteiger partial charge < -0.3 is 4.74 Å². The van der Waals surface area contributed by atoms with Crippen LogP contribution in [-0.4, -0.2) is 73.3 Å². The lowest BCUT2D eigenvalue weighted by Crippen LogP contribution is -2.48. The third-order valence-electron chi connectivity index (χ3n) is 4.73. The molecule has 1 aromatic carbocycles. The average Bonchev–Trinajstić information content (AvgIpc) is 3.08. The molecule has 2 aliphatic heterocycles. The molecule has 30 heavy (non-hydrogen) atoms.